The van der Waals surface area contributed by atoms with Gasteiger partial charge in [0, 0.05) is 9.13 Å². The molecule has 1 nitrogen and oxygen atoms in total. The van der Waals surface area contributed by atoms with Crippen LogP contribution in [0.15, 0.2) is 12.1 Å². The van der Waals surface area contributed by atoms with E-state index in [1.165, 1.54) is 0 Å². The van der Waals surface area contributed by atoms with E-state index in [0.29, 0.717) is 10.6 Å². The van der Waals surface area contributed by atoms with Gasteiger partial charge in [-0.2, -0.15) is 0 Å². The Morgan fingerprint density at radius 2 is 2.15 bits per heavy atom. The van der Waals surface area contributed by atoms with Gasteiger partial charge in [0.1, 0.15) is 0 Å². The summed E-state index contributed by atoms with van der Waals surface area (Å²) in [5.41, 5.74) is 1.56. The number of rotatable bonds is 2. The van der Waals surface area contributed by atoms with E-state index < -0.39 is 0 Å². The van der Waals surface area contributed by atoms with Crippen LogP contribution in [0.3, 0.4) is 0 Å². The predicted octanol–water partition coefficient (Wildman–Crippen LogP) is 3.67. The average Bonchev–Trinajstić information content (AvgIpc) is 2.12. The maximum atomic E-state index is 11.4. The number of aryl methyl sites for hydroxylation is 1. The van der Waals surface area contributed by atoms with Gasteiger partial charge in [-0.1, -0.05) is 17.7 Å². The monoisotopic (exact) mass is 328 g/mol. The third-order valence-electron chi connectivity index (χ3n) is 1.70. The molecule has 1 aromatic carbocycles. The van der Waals surface area contributed by atoms with Gasteiger partial charge in [-0.05, 0) is 41.1 Å². The minimum Gasteiger partial charge on any atom is -0.293 e. The van der Waals surface area contributed by atoms with Gasteiger partial charge in [0.15, 0.2) is 5.78 Å². The summed E-state index contributed by atoms with van der Waals surface area (Å²) in [6.07, 6.45) is 0. The van der Waals surface area contributed by atoms with Crippen molar-refractivity contribution < 1.29 is 4.79 Å². The zero-order chi connectivity index (χ0) is 10.0. The Labute approximate surface area is 101 Å². The first-order valence-corrected chi connectivity index (χ1v) is 5.60. The van der Waals surface area contributed by atoms with Crippen molar-refractivity contribution in [1.29, 1.82) is 0 Å². The molecular formula is C9H7Cl2IO. The minimum atomic E-state index is -0.0777. The highest BCUT2D eigenvalue weighted by atomic mass is 127. The number of Topliss-reactive ketones (excluding diaryl/α,β-unsaturated/α-hetero) is 1. The normalized spacial score (nSPS) is 10.2. The summed E-state index contributed by atoms with van der Waals surface area (Å²) >= 11 is 13.4. The van der Waals surface area contributed by atoms with Gasteiger partial charge in [0.2, 0.25) is 0 Å². The maximum absolute atomic E-state index is 11.4. The summed E-state index contributed by atoms with van der Waals surface area (Å²) < 4.78 is 0.782. The lowest BCUT2D eigenvalue weighted by atomic mass is 10.1. The van der Waals surface area contributed by atoms with Crippen molar-refractivity contribution >= 4 is 51.6 Å². The van der Waals surface area contributed by atoms with E-state index in [2.05, 4.69) is 22.6 Å². The second-order valence-corrected chi connectivity index (χ2v) is 4.36. The first-order valence-electron chi connectivity index (χ1n) is 3.61. The van der Waals surface area contributed by atoms with Crippen LogP contribution in [0.25, 0.3) is 0 Å². The van der Waals surface area contributed by atoms with Crippen molar-refractivity contribution in [2.24, 2.45) is 0 Å². The Morgan fingerprint density at radius 1 is 1.54 bits per heavy atom. The predicted molar refractivity (Wildman–Crippen MR) is 64.0 cm³/mol. The van der Waals surface area contributed by atoms with Crippen LogP contribution >= 0.6 is 45.8 Å². The lowest BCUT2D eigenvalue weighted by molar-refractivity contribution is 0.101. The molecule has 0 aliphatic carbocycles. The van der Waals surface area contributed by atoms with Crippen molar-refractivity contribution in [3.05, 3.63) is 31.9 Å². The van der Waals surface area contributed by atoms with E-state index in [1.54, 1.807) is 6.07 Å². The van der Waals surface area contributed by atoms with Crippen LogP contribution in [-0.4, -0.2) is 11.7 Å². The summed E-state index contributed by atoms with van der Waals surface area (Å²) in [7, 11) is 0. The molecular weight excluding hydrogens is 322 g/mol. The van der Waals surface area contributed by atoms with Crippen molar-refractivity contribution in [3.8, 4) is 0 Å². The van der Waals surface area contributed by atoms with E-state index in [-0.39, 0.29) is 11.7 Å². The van der Waals surface area contributed by atoms with Crippen LogP contribution in [0, 0.1) is 10.5 Å². The molecule has 0 spiro atoms. The Balaban J connectivity index is 3.33. The quantitative estimate of drug-likeness (QED) is 0.460. The molecule has 0 unspecified atom stereocenters. The molecule has 0 amide bonds. The van der Waals surface area contributed by atoms with E-state index in [0.717, 1.165) is 9.13 Å². The van der Waals surface area contributed by atoms with Crippen molar-refractivity contribution in [1.82, 2.24) is 0 Å². The first-order chi connectivity index (χ1) is 6.07. The molecule has 0 aromatic heterocycles. The summed E-state index contributed by atoms with van der Waals surface area (Å²) in [6, 6.07) is 3.61. The standard InChI is InChI=1S/C9H7Cl2IO/c1-5-2-3-6(11)9(12)8(5)7(13)4-10/h2-3H,4H2,1H3. The number of carbonyl (C=O) groups excluding carboxylic acids is 1. The van der Waals surface area contributed by atoms with Gasteiger partial charge < -0.3 is 0 Å². The molecule has 13 heavy (non-hydrogen) atoms. The molecule has 0 fully saturated rings. The molecule has 0 heterocycles. The SMILES string of the molecule is Cc1ccc(Cl)c(I)c1C(=O)CCl. The first kappa shape index (κ1) is 11.3. The largest absolute Gasteiger partial charge is 0.293 e. The molecule has 70 valence electrons. The van der Waals surface area contributed by atoms with E-state index in [9.17, 15) is 4.79 Å². The molecule has 1 rings (SSSR count). The second-order valence-electron chi connectivity index (χ2n) is 2.61. The maximum Gasteiger partial charge on any atom is 0.178 e. The summed E-state index contributed by atoms with van der Waals surface area (Å²) in [5, 5.41) is 0.597. The number of hydrogen-bond donors (Lipinski definition) is 0. The number of benzene rings is 1. The van der Waals surface area contributed by atoms with E-state index >= 15 is 0 Å². The molecule has 0 aliphatic rings. The Kier molecular flexibility index (Phi) is 4.01. The number of alkyl halides is 1. The highest BCUT2D eigenvalue weighted by Crippen LogP contribution is 2.25. The molecule has 1 aromatic rings. The smallest absolute Gasteiger partial charge is 0.178 e. The van der Waals surface area contributed by atoms with Crippen LogP contribution in [0.4, 0.5) is 0 Å². The fourth-order valence-corrected chi connectivity index (χ4v) is 2.25. The third-order valence-corrected chi connectivity index (χ3v) is 3.70. The summed E-state index contributed by atoms with van der Waals surface area (Å²) in [5.74, 6) is -0.0805. The van der Waals surface area contributed by atoms with Crippen molar-refractivity contribution in [3.63, 3.8) is 0 Å². The van der Waals surface area contributed by atoms with Crippen LogP contribution in [0.2, 0.25) is 5.02 Å². The lowest BCUT2D eigenvalue weighted by Gasteiger charge is -2.06. The summed E-state index contributed by atoms with van der Waals surface area (Å²) in [4.78, 5) is 11.4. The fourth-order valence-electron chi connectivity index (χ4n) is 1.06. The molecule has 0 atom stereocenters. The molecule has 0 aliphatic heterocycles. The fraction of sp³-hybridized carbons (Fsp3) is 0.222. The number of carbonyl (C=O) groups is 1. The lowest BCUT2D eigenvalue weighted by Crippen LogP contribution is -2.06. The minimum absolute atomic E-state index is 0.00279. The van der Waals surface area contributed by atoms with Crippen LogP contribution in [0.1, 0.15) is 15.9 Å². The zero-order valence-electron chi connectivity index (χ0n) is 6.90. The molecule has 0 bridgehead atoms. The van der Waals surface area contributed by atoms with Gasteiger partial charge in [0.25, 0.3) is 0 Å². The zero-order valence-corrected chi connectivity index (χ0v) is 10.6. The number of hydrogen-bond acceptors (Lipinski definition) is 1. The molecule has 0 saturated heterocycles. The van der Waals surface area contributed by atoms with Crippen LogP contribution in [0.5, 0.6) is 0 Å². The third kappa shape index (κ3) is 2.36. The Morgan fingerprint density at radius 3 is 2.69 bits per heavy atom. The highest BCUT2D eigenvalue weighted by Gasteiger charge is 2.13. The van der Waals surface area contributed by atoms with Gasteiger partial charge in [-0.25, -0.2) is 0 Å². The van der Waals surface area contributed by atoms with E-state index in [4.69, 9.17) is 23.2 Å². The Bertz CT molecular complexity index is 350. The van der Waals surface area contributed by atoms with Gasteiger partial charge >= 0.3 is 0 Å². The van der Waals surface area contributed by atoms with Gasteiger partial charge in [0.05, 0.1) is 10.9 Å². The molecule has 0 radical (unpaired) electrons. The topological polar surface area (TPSA) is 17.1 Å². The van der Waals surface area contributed by atoms with Crippen molar-refractivity contribution in [2.75, 3.05) is 5.88 Å². The van der Waals surface area contributed by atoms with Crippen LogP contribution in [-0.2, 0) is 0 Å². The van der Waals surface area contributed by atoms with Crippen molar-refractivity contribution in [2.45, 2.75) is 6.92 Å². The Hall–Kier alpha value is 0.200. The van der Waals surface area contributed by atoms with Gasteiger partial charge in [-0.15, -0.1) is 11.6 Å². The van der Waals surface area contributed by atoms with Crippen LogP contribution < -0.4 is 0 Å². The average molecular weight is 329 g/mol. The second kappa shape index (κ2) is 4.62. The molecule has 0 saturated carbocycles. The highest BCUT2D eigenvalue weighted by molar-refractivity contribution is 14.1. The number of ketones is 1. The summed E-state index contributed by atoms with van der Waals surface area (Å²) in [6.45, 7) is 1.87. The van der Waals surface area contributed by atoms with Gasteiger partial charge in [-0.3, -0.25) is 4.79 Å². The molecule has 4 heteroatoms. The number of halogens is 3. The van der Waals surface area contributed by atoms with E-state index in [1.807, 2.05) is 13.0 Å². The molecule has 0 N–H and O–H groups in total.